The van der Waals surface area contributed by atoms with Crippen LogP contribution in [0.4, 0.5) is 5.69 Å². The van der Waals surface area contributed by atoms with E-state index in [0.717, 1.165) is 5.52 Å². The van der Waals surface area contributed by atoms with Gasteiger partial charge in [-0.2, -0.15) is 0 Å². The number of halogens is 1. The van der Waals surface area contributed by atoms with Gasteiger partial charge in [-0.15, -0.1) is 0 Å². The van der Waals surface area contributed by atoms with E-state index in [4.69, 9.17) is 11.6 Å². The number of rotatable bonds is 4. The van der Waals surface area contributed by atoms with Crippen molar-refractivity contribution in [3.05, 3.63) is 65.3 Å². The number of benzene rings is 2. The number of aromatic nitrogens is 1. The van der Waals surface area contributed by atoms with Crippen molar-refractivity contribution in [1.29, 1.82) is 0 Å². The molecule has 4 nitrogen and oxygen atoms in total. The molecule has 0 atom stereocenters. The summed E-state index contributed by atoms with van der Waals surface area (Å²) in [4.78, 5) is 29.7. The van der Waals surface area contributed by atoms with Gasteiger partial charge in [-0.3, -0.25) is 9.59 Å². The number of H-pyrrole nitrogens is 1. The summed E-state index contributed by atoms with van der Waals surface area (Å²) in [7, 11) is 0. The Hall–Kier alpha value is -2.59. The maximum atomic E-state index is 12.6. The predicted molar refractivity (Wildman–Crippen MR) is 92.1 cm³/mol. The fourth-order valence-corrected chi connectivity index (χ4v) is 2.75. The number of amides is 1. The van der Waals surface area contributed by atoms with Crippen molar-refractivity contribution in [3.8, 4) is 0 Å². The van der Waals surface area contributed by atoms with Crippen molar-refractivity contribution in [2.45, 2.75) is 6.92 Å². The van der Waals surface area contributed by atoms with Crippen LogP contribution in [0.3, 0.4) is 0 Å². The molecule has 1 aromatic heterocycles. The Morgan fingerprint density at radius 1 is 1.13 bits per heavy atom. The van der Waals surface area contributed by atoms with Crippen molar-refractivity contribution in [2.24, 2.45) is 0 Å². The molecule has 1 heterocycles. The number of hydrogen-bond acceptors (Lipinski definition) is 2. The van der Waals surface area contributed by atoms with Gasteiger partial charge in [0.05, 0.1) is 5.56 Å². The smallest absolute Gasteiger partial charge is 0.299 e. The number of Topliss-reactive ketones (excluding diaryl/α,β-unsaturated/α-hetero) is 1. The molecule has 3 aromatic rings. The van der Waals surface area contributed by atoms with Gasteiger partial charge in [-0.25, -0.2) is 0 Å². The van der Waals surface area contributed by atoms with Crippen LogP contribution in [0.2, 0.25) is 5.02 Å². The summed E-state index contributed by atoms with van der Waals surface area (Å²) in [5.74, 6) is -1.08. The Kier molecular flexibility index (Phi) is 4.17. The molecule has 0 fully saturated rings. The van der Waals surface area contributed by atoms with Gasteiger partial charge in [0, 0.05) is 34.4 Å². The number of ketones is 1. The Morgan fingerprint density at radius 3 is 2.57 bits per heavy atom. The molecule has 23 heavy (non-hydrogen) atoms. The summed E-state index contributed by atoms with van der Waals surface area (Å²) < 4.78 is 0. The van der Waals surface area contributed by atoms with Gasteiger partial charge in [0.1, 0.15) is 0 Å². The average molecular weight is 327 g/mol. The van der Waals surface area contributed by atoms with Gasteiger partial charge in [-0.05, 0) is 31.2 Å². The molecule has 0 aliphatic rings. The number of fused-ring (bicyclic) bond motifs is 1. The van der Waals surface area contributed by atoms with E-state index in [2.05, 4.69) is 4.98 Å². The zero-order valence-electron chi connectivity index (χ0n) is 12.5. The van der Waals surface area contributed by atoms with Gasteiger partial charge in [-0.1, -0.05) is 35.9 Å². The second kappa shape index (κ2) is 6.26. The molecule has 0 saturated heterocycles. The largest absolute Gasteiger partial charge is 0.360 e. The number of carbonyl (C=O) groups excluding carboxylic acids is 2. The van der Waals surface area contributed by atoms with Crippen molar-refractivity contribution >= 4 is 39.9 Å². The fourth-order valence-electron chi connectivity index (χ4n) is 2.58. The molecule has 0 saturated carbocycles. The first-order valence-corrected chi connectivity index (χ1v) is 7.67. The van der Waals surface area contributed by atoms with Crippen LogP contribution in [-0.4, -0.2) is 23.2 Å². The minimum atomic E-state index is -0.547. The van der Waals surface area contributed by atoms with E-state index in [1.54, 1.807) is 24.4 Å². The van der Waals surface area contributed by atoms with Gasteiger partial charge in [0.2, 0.25) is 0 Å². The molecule has 0 aliphatic heterocycles. The normalized spacial score (nSPS) is 10.7. The van der Waals surface area contributed by atoms with Crippen LogP contribution >= 0.6 is 11.6 Å². The van der Waals surface area contributed by atoms with E-state index in [9.17, 15) is 9.59 Å². The zero-order chi connectivity index (χ0) is 16.4. The van der Waals surface area contributed by atoms with Gasteiger partial charge in [0.25, 0.3) is 11.7 Å². The van der Waals surface area contributed by atoms with E-state index in [0.29, 0.717) is 28.2 Å². The lowest BCUT2D eigenvalue weighted by molar-refractivity contribution is -0.114. The summed E-state index contributed by atoms with van der Waals surface area (Å²) >= 11 is 5.94. The predicted octanol–water partition coefficient (Wildman–Crippen LogP) is 4.06. The molecule has 5 heteroatoms. The highest BCUT2D eigenvalue weighted by Crippen LogP contribution is 2.23. The van der Waals surface area contributed by atoms with E-state index >= 15 is 0 Å². The van der Waals surface area contributed by atoms with Gasteiger partial charge < -0.3 is 9.88 Å². The Bertz CT molecular complexity index is 871. The third kappa shape index (κ3) is 2.85. The maximum Gasteiger partial charge on any atom is 0.299 e. The first-order valence-electron chi connectivity index (χ1n) is 7.29. The van der Waals surface area contributed by atoms with Crippen LogP contribution in [0.25, 0.3) is 10.9 Å². The molecular weight excluding hydrogens is 312 g/mol. The lowest BCUT2D eigenvalue weighted by Gasteiger charge is -2.19. The number of hydrogen-bond donors (Lipinski definition) is 1. The van der Waals surface area contributed by atoms with E-state index in [1.165, 1.54) is 4.90 Å². The van der Waals surface area contributed by atoms with Crippen molar-refractivity contribution in [2.75, 3.05) is 11.4 Å². The Labute approximate surface area is 138 Å². The van der Waals surface area contributed by atoms with Crippen LogP contribution in [0.15, 0.2) is 54.7 Å². The van der Waals surface area contributed by atoms with E-state index < -0.39 is 11.7 Å². The standard InChI is InChI=1S/C18H15ClN2O2/c1-2-21(13-6-4-3-5-7-13)18(23)17(22)15-11-20-16-10-12(19)8-9-14(15)16/h3-11,20H,2H2,1H3. The number of nitrogens with one attached hydrogen (secondary N) is 1. The number of aromatic amines is 1. The van der Waals surface area contributed by atoms with Crippen molar-refractivity contribution < 1.29 is 9.59 Å². The van der Waals surface area contributed by atoms with E-state index in [1.807, 2.05) is 37.3 Å². The second-order valence-corrected chi connectivity index (χ2v) is 5.54. The molecule has 2 aromatic carbocycles. The Morgan fingerprint density at radius 2 is 1.87 bits per heavy atom. The fraction of sp³-hybridized carbons (Fsp3) is 0.111. The highest BCUT2D eigenvalue weighted by atomic mass is 35.5. The molecule has 0 radical (unpaired) electrons. The topological polar surface area (TPSA) is 53.2 Å². The SMILES string of the molecule is CCN(C(=O)C(=O)c1c[nH]c2cc(Cl)ccc12)c1ccccc1. The molecule has 0 aliphatic carbocycles. The van der Waals surface area contributed by atoms with Gasteiger partial charge >= 0.3 is 0 Å². The monoisotopic (exact) mass is 326 g/mol. The van der Waals surface area contributed by atoms with Crippen LogP contribution in [-0.2, 0) is 4.79 Å². The second-order valence-electron chi connectivity index (χ2n) is 5.11. The lowest BCUT2D eigenvalue weighted by atomic mass is 10.1. The van der Waals surface area contributed by atoms with Crippen LogP contribution in [0, 0.1) is 0 Å². The van der Waals surface area contributed by atoms with Crippen molar-refractivity contribution in [3.63, 3.8) is 0 Å². The molecule has 0 bridgehead atoms. The van der Waals surface area contributed by atoms with Gasteiger partial charge in [0.15, 0.2) is 0 Å². The molecule has 1 N–H and O–H groups in total. The average Bonchev–Trinajstić information content (AvgIpc) is 2.98. The molecule has 116 valence electrons. The van der Waals surface area contributed by atoms with Crippen LogP contribution in [0.1, 0.15) is 17.3 Å². The number of carbonyl (C=O) groups is 2. The minimum Gasteiger partial charge on any atom is -0.360 e. The molecular formula is C18H15ClN2O2. The third-order valence-corrected chi connectivity index (χ3v) is 3.95. The molecule has 0 spiro atoms. The minimum absolute atomic E-state index is 0.357. The van der Waals surface area contributed by atoms with Crippen LogP contribution in [0.5, 0.6) is 0 Å². The lowest BCUT2D eigenvalue weighted by Crippen LogP contribution is -2.36. The Balaban J connectivity index is 1.96. The zero-order valence-corrected chi connectivity index (χ0v) is 13.3. The van der Waals surface area contributed by atoms with Crippen molar-refractivity contribution in [1.82, 2.24) is 4.98 Å². The summed E-state index contributed by atoms with van der Waals surface area (Å²) in [6, 6.07) is 14.3. The number of anilines is 1. The number of likely N-dealkylation sites (N-methyl/N-ethyl adjacent to an activating group) is 1. The highest BCUT2D eigenvalue weighted by Gasteiger charge is 2.25. The summed E-state index contributed by atoms with van der Waals surface area (Å²) in [6.07, 6.45) is 1.56. The molecule has 0 unspecified atom stereocenters. The first kappa shape index (κ1) is 15.3. The summed E-state index contributed by atoms with van der Waals surface area (Å²) in [5, 5.41) is 1.26. The van der Waals surface area contributed by atoms with Crippen LogP contribution < -0.4 is 4.90 Å². The molecule has 3 rings (SSSR count). The van der Waals surface area contributed by atoms with E-state index in [-0.39, 0.29) is 0 Å². The highest BCUT2D eigenvalue weighted by molar-refractivity contribution is 6.49. The quantitative estimate of drug-likeness (QED) is 0.580. The number of para-hydroxylation sites is 1. The summed E-state index contributed by atoms with van der Waals surface area (Å²) in [5.41, 5.74) is 1.80. The molecule has 1 amide bonds. The summed E-state index contributed by atoms with van der Waals surface area (Å²) in [6.45, 7) is 2.26. The number of nitrogens with zero attached hydrogens (tertiary/aromatic N) is 1. The first-order chi connectivity index (χ1) is 11.1. The third-order valence-electron chi connectivity index (χ3n) is 3.71. The maximum absolute atomic E-state index is 12.6.